The Morgan fingerprint density at radius 1 is 1.42 bits per heavy atom. The molecule has 0 spiro atoms. The van der Waals surface area contributed by atoms with Crippen LogP contribution in [0.1, 0.15) is 24.5 Å². The van der Waals surface area contributed by atoms with Gasteiger partial charge in [-0.2, -0.15) is 0 Å². The molecule has 1 aliphatic heterocycles. The Morgan fingerprint density at radius 2 is 2.26 bits per heavy atom. The Labute approximate surface area is 113 Å². The highest BCUT2D eigenvalue weighted by atomic mass is 16.5. The maximum Gasteiger partial charge on any atom is 0.120 e. The molecule has 0 bridgehead atoms. The number of aliphatic hydroxyl groups excluding tert-OH is 1. The standard InChI is InChI=1S/C15H21NO3/c1-16-7-8-18-14(10-16)15(17)11-3-2-4-13(9-11)19-12-5-6-12/h2-4,9,12,14-15,17H,5-8,10H2,1H3. The van der Waals surface area contributed by atoms with Gasteiger partial charge in [0.15, 0.2) is 0 Å². The van der Waals surface area contributed by atoms with Crippen LogP contribution in [0.2, 0.25) is 0 Å². The largest absolute Gasteiger partial charge is 0.490 e. The van der Waals surface area contributed by atoms with E-state index in [0.29, 0.717) is 12.7 Å². The predicted molar refractivity (Wildman–Crippen MR) is 72.3 cm³/mol. The topological polar surface area (TPSA) is 41.9 Å². The van der Waals surface area contributed by atoms with Gasteiger partial charge in [-0.15, -0.1) is 0 Å². The zero-order chi connectivity index (χ0) is 13.2. The number of hydrogen-bond acceptors (Lipinski definition) is 4. The van der Waals surface area contributed by atoms with E-state index in [1.165, 1.54) is 0 Å². The van der Waals surface area contributed by atoms with Crippen LogP contribution in [0.3, 0.4) is 0 Å². The van der Waals surface area contributed by atoms with Crippen molar-refractivity contribution in [2.75, 3.05) is 26.7 Å². The molecule has 1 heterocycles. The average molecular weight is 263 g/mol. The highest BCUT2D eigenvalue weighted by Crippen LogP contribution is 2.29. The molecular formula is C15H21NO3. The van der Waals surface area contributed by atoms with Gasteiger partial charge >= 0.3 is 0 Å². The summed E-state index contributed by atoms with van der Waals surface area (Å²) in [7, 11) is 2.05. The molecule has 1 aromatic rings. The van der Waals surface area contributed by atoms with Crippen molar-refractivity contribution in [3.63, 3.8) is 0 Å². The fraction of sp³-hybridized carbons (Fsp3) is 0.600. The molecule has 19 heavy (non-hydrogen) atoms. The van der Waals surface area contributed by atoms with E-state index in [0.717, 1.165) is 37.2 Å². The van der Waals surface area contributed by atoms with Crippen LogP contribution in [0.4, 0.5) is 0 Å². The molecule has 1 saturated heterocycles. The summed E-state index contributed by atoms with van der Waals surface area (Å²) in [6.07, 6.45) is 1.91. The minimum Gasteiger partial charge on any atom is -0.490 e. The molecule has 2 unspecified atom stereocenters. The maximum atomic E-state index is 10.4. The van der Waals surface area contributed by atoms with Crippen LogP contribution >= 0.6 is 0 Å². The number of benzene rings is 1. The van der Waals surface area contributed by atoms with Crippen LogP contribution in [0.15, 0.2) is 24.3 Å². The van der Waals surface area contributed by atoms with Crippen molar-refractivity contribution in [3.8, 4) is 5.75 Å². The van der Waals surface area contributed by atoms with Crippen LogP contribution in [-0.2, 0) is 4.74 Å². The molecule has 3 rings (SSSR count). The number of nitrogens with zero attached hydrogens (tertiary/aromatic N) is 1. The Hall–Kier alpha value is -1.10. The minimum atomic E-state index is -0.592. The zero-order valence-corrected chi connectivity index (χ0v) is 11.3. The quantitative estimate of drug-likeness (QED) is 0.896. The van der Waals surface area contributed by atoms with E-state index in [9.17, 15) is 5.11 Å². The summed E-state index contributed by atoms with van der Waals surface area (Å²) in [5, 5.41) is 10.4. The van der Waals surface area contributed by atoms with Crippen molar-refractivity contribution in [3.05, 3.63) is 29.8 Å². The monoisotopic (exact) mass is 263 g/mol. The number of rotatable bonds is 4. The number of hydrogen-bond donors (Lipinski definition) is 1. The van der Waals surface area contributed by atoms with E-state index >= 15 is 0 Å². The number of morpholine rings is 1. The molecule has 0 amide bonds. The molecule has 4 heteroatoms. The smallest absolute Gasteiger partial charge is 0.120 e. The van der Waals surface area contributed by atoms with E-state index in [1.54, 1.807) is 0 Å². The van der Waals surface area contributed by atoms with Gasteiger partial charge in [0.1, 0.15) is 18.0 Å². The second-order valence-electron chi connectivity index (χ2n) is 5.51. The van der Waals surface area contributed by atoms with E-state index < -0.39 is 6.10 Å². The fourth-order valence-corrected chi connectivity index (χ4v) is 2.37. The summed E-state index contributed by atoms with van der Waals surface area (Å²) in [6, 6.07) is 7.74. The summed E-state index contributed by atoms with van der Waals surface area (Å²) in [4.78, 5) is 2.18. The lowest BCUT2D eigenvalue weighted by Crippen LogP contribution is -2.42. The van der Waals surface area contributed by atoms with Crippen molar-refractivity contribution in [1.29, 1.82) is 0 Å². The zero-order valence-electron chi connectivity index (χ0n) is 11.3. The normalized spacial score (nSPS) is 26.1. The summed E-state index contributed by atoms with van der Waals surface area (Å²) < 4.78 is 11.4. The maximum absolute atomic E-state index is 10.4. The second-order valence-corrected chi connectivity index (χ2v) is 5.51. The molecule has 1 N–H and O–H groups in total. The van der Waals surface area contributed by atoms with Crippen LogP contribution in [0.25, 0.3) is 0 Å². The summed E-state index contributed by atoms with van der Waals surface area (Å²) in [5.74, 6) is 0.850. The molecule has 2 atom stereocenters. The molecule has 1 aromatic carbocycles. The van der Waals surface area contributed by atoms with Crippen molar-refractivity contribution < 1.29 is 14.6 Å². The van der Waals surface area contributed by atoms with Gasteiger partial charge in [-0.1, -0.05) is 12.1 Å². The van der Waals surface area contributed by atoms with Gasteiger partial charge in [0.2, 0.25) is 0 Å². The van der Waals surface area contributed by atoms with Crippen molar-refractivity contribution in [1.82, 2.24) is 4.90 Å². The molecule has 2 fully saturated rings. The van der Waals surface area contributed by atoms with Gasteiger partial charge in [0.25, 0.3) is 0 Å². The van der Waals surface area contributed by atoms with E-state index in [2.05, 4.69) is 11.9 Å². The van der Waals surface area contributed by atoms with Crippen molar-refractivity contribution in [2.24, 2.45) is 0 Å². The molecule has 1 aliphatic carbocycles. The van der Waals surface area contributed by atoms with Gasteiger partial charge in [-0.25, -0.2) is 0 Å². The van der Waals surface area contributed by atoms with Gasteiger partial charge in [0, 0.05) is 13.1 Å². The lowest BCUT2D eigenvalue weighted by Gasteiger charge is -2.33. The first-order chi connectivity index (χ1) is 9.22. The number of ether oxygens (including phenoxy) is 2. The molecule has 1 saturated carbocycles. The average Bonchev–Trinajstić information content (AvgIpc) is 3.22. The summed E-state index contributed by atoms with van der Waals surface area (Å²) >= 11 is 0. The van der Waals surface area contributed by atoms with E-state index in [1.807, 2.05) is 24.3 Å². The first kappa shape index (κ1) is 12.9. The Balaban J connectivity index is 1.69. The van der Waals surface area contributed by atoms with Crippen molar-refractivity contribution in [2.45, 2.75) is 31.2 Å². The lowest BCUT2D eigenvalue weighted by atomic mass is 10.0. The predicted octanol–water partition coefficient (Wildman–Crippen LogP) is 1.59. The minimum absolute atomic E-state index is 0.157. The molecule has 0 aromatic heterocycles. The Morgan fingerprint density at radius 3 is 3.00 bits per heavy atom. The van der Waals surface area contributed by atoms with Gasteiger partial charge in [0.05, 0.1) is 12.7 Å². The third kappa shape index (κ3) is 3.26. The van der Waals surface area contributed by atoms with Gasteiger partial charge < -0.3 is 19.5 Å². The Kier molecular flexibility index (Phi) is 3.73. The third-order valence-corrected chi connectivity index (χ3v) is 3.68. The lowest BCUT2D eigenvalue weighted by molar-refractivity contribution is -0.0845. The molecule has 0 radical (unpaired) electrons. The highest BCUT2D eigenvalue weighted by molar-refractivity contribution is 5.31. The summed E-state index contributed by atoms with van der Waals surface area (Å²) in [5.41, 5.74) is 0.874. The second kappa shape index (κ2) is 5.49. The first-order valence-electron chi connectivity index (χ1n) is 6.97. The van der Waals surface area contributed by atoms with E-state index in [4.69, 9.17) is 9.47 Å². The SMILES string of the molecule is CN1CCOC(C(O)c2cccc(OC3CC3)c2)C1. The molecule has 2 aliphatic rings. The van der Waals surface area contributed by atoms with Gasteiger partial charge in [-0.05, 0) is 37.6 Å². The van der Waals surface area contributed by atoms with Crippen LogP contribution in [-0.4, -0.2) is 49.0 Å². The van der Waals surface area contributed by atoms with Crippen LogP contribution < -0.4 is 4.74 Å². The Bertz CT molecular complexity index is 433. The highest BCUT2D eigenvalue weighted by Gasteiger charge is 2.27. The van der Waals surface area contributed by atoms with E-state index in [-0.39, 0.29) is 6.10 Å². The van der Waals surface area contributed by atoms with Crippen LogP contribution in [0, 0.1) is 0 Å². The fourth-order valence-electron chi connectivity index (χ4n) is 2.37. The number of likely N-dealkylation sites (N-methyl/N-ethyl adjacent to an activating group) is 1. The molecule has 4 nitrogen and oxygen atoms in total. The molecular weight excluding hydrogens is 242 g/mol. The third-order valence-electron chi connectivity index (χ3n) is 3.68. The van der Waals surface area contributed by atoms with Gasteiger partial charge in [-0.3, -0.25) is 0 Å². The first-order valence-corrected chi connectivity index (χ1v) is 6.97. The number of aliphatic hydroxyl groups is 1. The van der Waals surface area contributed by atoms with Crippen LogP contribution in [0.5, 0.6) is 5.75 Å². The van der Waals surface area contributed by atoms with Crippen molar-refractivity contribution >= 4 is 0 Å². The molecule has 104 valence electrons. The summed E-state index contributed by atoms with van der Waals surface area (Å²) in [6.45, 7) is 2.36.